The lowest BCUT2D eigenvalue weighted by molar-refractivity contribution is 1.45. The Bertz CT molecular complexity index is 437. The number of hydrogen-bond donors (Lipinski definition) is 0. The Labute approximate surface area is 126 Å². The quantitative estimate of drug-likeness (QED) is 0.520. The van der Waals surface area contributed by atoms with Crippen molar-refractivity contribution in [1.29, 1.82) is 0 Å². The first-order valence-corrected chi connectivity index (χ1v) is 11.9. The summed E-state index contributed by atoms with van der Waals surface area (Å²) in [7, 11) is -1.14. The van der Waals surface area contributed by atoms with E-state index >= 15 is 0 Å². The SMILES string of the molecule is C[Si](C)(CSc1ccccc1)CSc1ccccc1. The fourth-order valence-electron chi connectivity index (χ4n) is 1.63. The highest BCUT2D eigenvalue weighted by Crippen LogP contribution is 2.26. The first-order valence-electron chi connectivity index (χ1n) is 6.51. The lowest BCUT2D eigenvalue weighted by Crippen LogP contribution is -2.33. The molecule has 0 saturated carbocycles. The van der Waals surface area contributed by atoms with Crippen molar-refractivity contribution in [2.75, 3.05) is 10.8 Å². The Kier molecular flexibility index (Phi) is 5.61. The van der Waals surface area contributed by atoms with Crippen LogP contribution in [-0.2, 0) is 0 Å². The van der Waals surface area contributed by atoms with Gasteiger partial charge in [0.25, 0.3) is 0 Å². The van der Waals surface area contributed by atoms with Gasteiger partial charge < -0.3 is 0 Å². The van der Waals surface area contributed by atoms with Crippen LogP contribution in [0.4, 0.5) is 0 Å². The van der Waals surface area contributed by atoms with E-state index in [0.29, 0.717) is 0 Å². The number of thioether (sulfide) groups is 2. The molecule has 3 heteroatoms. The van der Waals surface area contributed by atoms with Crippen LogP contribution in [0.1, 0.15) is 0 Å². The highest BCUT2D eigenvalue weighted by molar-refractivity contribution is 8.03. The van der Waals surface area contributed by atoms with Gasteiger partial charge in [-0.15, -0.1) is 23.5 Å². The predicted octanol–water partition coefficient (Wildman–Crippen LogP) is 5.36. The van der Waals surface area contributed by atoms with Gasteiger partial charge >= 0.3 is 0 Å². The predicted molar refractivity (Wildman–Crippen MR) is 91.8 cm³/mol. The van der Waals surface area contributed by atoms with Gasteiger partial charge in [-0.2, -0.15) is 0 Å². The zero-order valence-electron chi connectivity index (χ0n) is 11.5. The summed E-state index contributed by atoms with van der Waals surface area (Å²) in [4.78, 5) is 2.79. The maximum absolute atomic E-state index is 2.48. The van der Waals surface area contributed by atoms with Crippen LogP contribution < -0.4 is 0 Å². The molecule has 2 aromatic carbocycles. The molecule has 0 spiro atoms. The van der Waals surface area contributed by atoms with Crippen LogP contribution in [-0.4, -0.2) is 18.8 Å². The van der Waals surface area contributed by atoms with Crippen molar-refractivity contribution >= 4 is 31.6 Å². The molecule has 0 fully saturated rings. The summed E-state index contributed by atoms with van der Waals surface area (Å²) in [5.74, 6) is 0. The van der Waals surface area contributed by atoms with Crippen molar-refractivity contribution in [2.45, 2.75) is 22.9 Å². The van der Waals surface area contributed by atoms with E-state index in [9.17, 15) is 0 Å². The fourth-order valence-corrected chi connectivity index (χ4v) is 7.87. The molecule has 0 radical (unpaired) electrons. The van der Waals surface area contributed by atoms with Crippen molar-refractivity contribution in [3.8, 4) is 0 Å². The summed E-state index contributed by atoms with van der Waals surface area (Å²) in [6, 6.07) is 21.5. The smallest absolute Gasteiger partial charge is 0.0689 e. The van der Waals surface area contributed by atoms with E-state index in [4.69, 9.17) is 0 Å². The maximum Gasteiger partial charge on any atom is 0.0689 e. The van der Waals surface area contributed by atoms with Gasteiger partial charge in [0, 0.05) is 9.79 Å². The summed E-state index contributed by atoms with van der Waals surface area (Å²) < 4.78 is 0. The Balaban J connectivity index is 1.82. The lowest BCUT2D eigenvalue weighted by atomic mass is 10.4. The molecule has 0 amide bonds. The molecular formula is C16H20S2Si. The molecular weight excluding hydrogens is 284 g/mol. The molecule has 0 aromatic heterocycles. The van der Waals surface area contributed by atoms with E-state index in [2.05, 4.69) is 73.8 Å². The third kappa shape index (κ3) is 5.47. The van der Waals surface area contributed by atoms with Crippen LogP contribution in [0, 0.1) is 0 Å². The van der Waals surface area contributed by atoms with E-state index in [-0.39, 0.29) is 0 Å². The van der Waals surface area contributed by atoms with Gasteiger partial charge in [0.1, 0.15) is 0 Å². The second-order valence-corrected chi connectivity index (χ2v) is 13.5. The second-order valence-electron chi connectivity index (χ2n) is 5.37. The standard InChI is InChI=1S/C16H20S2Si/c1-19(2,13-17-15-9-5-3-6-10-15)14-18-16-11-7-4-8-12-16/h3-12H,13-14H2,1-2H3. The molecule has 0 aliphatic heterocycles. The van der Waals surface area contributed by atoms with Crippen LogP contribution in [0.2, 0.25) is 13.1 Å². The van der Waals surface area contributed by atoms with Gasteiger partial charge in [-0.3, -0.25) is 0 Å². The number of benzene rings is 2. The molecule has 0 nitrogen and oxygen atoms in total. The Morgan fingerprint density at radius 3 is 1.42 bits per heavy atom. The Hall–Kier alpha value is -0.643. The third-order valence-electron chi connectivity index (χ3n) is 2.75. The fraction of sp³-hybridized carbons (Fsp3) is 0.250. The minimum atomic E-state index is -1.14. The summed E-state index contributed by atoms with van der Waals surface area (Å²) in [5.41, 5.74) is 0. The summed E-state index contributed by atoms with van der Waals surface area (Å²) in [6.45, 7) is 4.97. The van der Waals surface area contributed by atoms with Crippen LogP contribution in [0.25, 0.3) is 0 Å². The average Bonchev–Trinajstić information content (AvgIpc) is 2.46. The first-order chi connectivity index (χ1) is 9.16. The largest absolute Gasteiger partial charge is 0.129 e. The lowest BCUT2D eigenvalue weighted by Gasteiger charge is -2.21. The normalized spacial score (nSPS) is 11.5. The molecule has 19 heavy (non-hydrogen) atoms. The van der Waals surface area contributed by atoms with E-state index in [1.54, 1.807) is 0 Å². The summed E-state index contributed by atoms with van der Waals surface area (Å²) in [6.07, 6.45) is 0. The van der Waals surface area contributed by atoms with Crippen LogP contribution in [0.5, 0.6) is 0 Å². The zero-order chi connectivity index (χ0) is 13.6. The van der Waals surface area contributed by atoms with Gasteiger partial charge in [-0.1, -0.05) is 49.5 Å². The molecule has 0 saturated heterocycles. The summed E-state index contributed by atoms with van der Waals surface area (Å²) >= 11 is 4.02. The monoisotopic (exact) mass is 304 g/mol. The molecule has 0 aliphatic carbocycles. The molecule has 0 N–H and O–H groups in total. The summed E-state index contributed by atoms with van der Waals surface area (Å²) in [5, 5.41) is 2.58. The molecule has 0 bridgehead atoms. The molecule has 2 rings (SSSR count). The highest BCUT2D eigenvalue weighted by Gasteiger charge is 2.21. The van der Waals surface area contributed by atoms with E-state index in [1.165, 1.54) is 20.5 Å². The van der Waals surface area contributed by atoms with Gasteiger partial charge in [0.05, 0.1) is 8.07 Å². The van der Waals surface area contributed by atoms with Gasteiger partial charge in [-0.25, -0.2) is 0 Å². The first kappa shape index (κ1) is 14.8. The van der Waals surface area contributed by atoms with Crippen LogP contribution in [0.15, 0.2) is 70.5 Å². The maximum atomic E-state index is 2.48. The van der Waals surface area contributed by atoms with Crippen molar-refractivity contribution in [3.05, 3.63) is 60.7 Å². The third-order valence-corrected chi connectivity index (χ3v) is 11.4. The van der Waals surface area contributed by atoms with E-state index in [1.807, 2.05) is 23.5 Å². The Morgan fingerprint density at radius 2 is 1.05 bits per heavy atom. The zero-order valence-corrected chi connectivity index (χ0v) is 14.1. The molecule has 0 aliphatic rings. The highest BCUT2D eigenvalue weighted by atomic mass is 32.2. The molecule has 2 aromatic rings. The second kappa shape index (κ2) is 7.22. The van der Waals surface area contributed by atoms with Gasteiger partial charge in [0.15, 0.2) is 0 Å². The van der Waals surface area contributed by atoms with Crippen molar-refractivity contribution < 1.29 is 0 Å². The van der Waals surface area contributed by atoms with Gasteiger partial charge in [0.2, 0.25) is 0 Å². The van der Waals surface area contributed by atoms with E-state index in [0.717, 1.165) is 0 Å². The van der Waals surface area contributed by atoms with Crippen molar-refractivity contribution in [3.63, 3.8) is 0 Å². The Morgan fingerprint density at radius 1 is 0.684 bits per heavy atom. The van der Waals surface area contributed by atoms with Crippen LogP contribution >= 0.6 is 23.5 Å². The molecule has 0 unspecified atom stereocenters. The van der Waals surface area contributed by atoms with Crippen molar-refractivity contribution in [1.82, 2.24) is 0 Å². The topological polar surface area (TPSA) is 0 Å². The molecule has 0 heterocycles. The average molecular weight is 305 g/mol. The van der Waals surface area contributed by atoms with Gasteiger partial charge in [-0.05, 0) is 35.0 Å². The number of rotatable bonds is 6. The van der Waals surface area contributed by atoms with Crippen molar-refractivity contribution in [2.24, 2.45) is 0 Å². The number of hydrogen-bond acceptors (Lipinski definition) is 2. The molecule has 100 valence electrons. The minimum absolute atomic E-state index is 1.14. The molecule has 0 atom stereocenters. The minimum Gasteiger partial charge on any atom is -0.129 e. The van der Waals surface area contributed by atoms with E-state index < -0.39 is 8.07 Å². The van der Waals surface area contributed by atoms with Crippen LogP contribution in [0.3, 0.4) is 0 Å².